The number of amides is 2. The van der Waals surface area contributed by atoms with Gasteiger partial charge in [-0.25, -0.2) is 18.4 Å². The number of primary sulfonamides is 1. The summed E-state index contributed by atoms with van der Waals surface area (Å²) in [6.45, 7) is -0.586. The van der Waals surface area contributed by atoms with E-state index in [1.807, 2.05) is 30.3 Å². The minimum atomic E-state index is -3.85. The number of ether oxygens (including phenoxy) is 1. The molecule has 0 saturated heterocycles. The highest BCUT2D eigenvalue weighted by Gasteiger charge is 2.24. The minimum Gasteiger partial charge on any atom is -0.454 e. The normalized spacial score (nSPS) is 11.8. The summed E-state index contributed by atoms with van der Waals surface area (Å²) < 4.78 is 27.8. The standard InChI is InChI=1S/C25H25N3O6S2/c26-36(32,33)21-13-11-20(12-14-21)27-23(29)15-34-25(31)22(17-35-16-18-7-3-1-4-8-18)28-24(30)19-9-5-2-6-10-19/h1-14,22H,15-17H2,(H,27,29)(H,28,30)(H2,26,32,33)/t22-/m1/s1. The molecule has 0 fully saturated rings. The maximum atomic E-state index is 12.8. The Morgan fingerprint density at radius 3 is 2.11 bits per heavy atom. The van der Waals surface area contributed by atoms with Crippen molar-refractivity contribution in [3.63, 3.8) is 0 Å². The van der Waals surface area contributed by atoms with E-state index in [-0.39, 0.29) is 10.6 Å². The number of sulfonamides is 1. The van der Waals surface area contributed by atoms with Crippen molar-refractivity contribution in [3.05, 3.63) is 96.1 Å². The lowest BCUT2D eigenvalue weighted by molar-refractivity contribution is -0.148. The van der Waals surface area contributed by atoms with Crippen LogP contribution in [0.25, 0.3) is 0 Å². The fourth-order valence-corrected chi connectivity index (χ4v) is 4.55. The number of anilines is 1. The number of nitrogens with two attached hydrogens (primary N) is 1. The van der Waals surface area contributed by atoms with E-state index < -0.39 is 40.5 Å². The fraction of sp³-hybridized carbons (Fsp3) is 0.160. The summed E-state index contributed by atoms with van der Waals surface area (Å²) in [7, 11) is -3.85. The summed E-state index contributed by atoms with van der Waals surface area (Å²) in [5, 5.41) is 10.2. The first kappa shape index (κ1) is 26.9. The van der Waals surface area contributed by atoms with Crippen molar-refractivity contribution in [2.45, 2.75) is 16.7 Å². The zero-order chi connectivity index (χ0) is 26.0. The van der Waals surface area contributed by atoms with Crippen molar-refractivity contribution in [2.75, 3.05) is 17.7 Å². The summed E-state index contributed by atoms with van der Waals surface area (Å²) in [6.07, 6.45) is 0. The van der Waals surface area contributed by atoms with Gasteiger partial charge in [0.2, 0.25) is 10.0 Å². The molecule has 0 bridgehead atoms. The van der Waals surface area contributed by atoms with Crippen LogP contribution in [0.15, 0.2) is 89.8 Å². The number of benzene rings is 3. The first-order valence-electron chi connectivity index (χ1n) is 10.8. The zero-order valence-electron chi connectivity index (χ0n) is 19.1. The van der Waals surface area contributed by atoms with Crippen LogP contribution in [0.4, 0.5) is 5.69 Å². The SMILES string of the molecule is NS(=O)(=O)c1ccc(NC(=O)COC(=O)[C@@H](CSCc2ccccc2)NC(=O)c2ccccc2)cc1. The molecule has 9 nitrogen and oxygen atoms in total. The number of carbonyl (C=O) groups is 3. The highest BCUT2D eigenvalue weighted by Crippen LogP contribution is 2.15. The van der Waals surface area contributed by atoms with E-state index in [1.165, 1.54) is 36.0 Å². The maximum Gasteiger partial charge on any atom is 0.330 e. The van der Waals surface area contributed by atoms with Gasteiger partial charge in [-0.05, 0) is 42.0 Å². The van der Waals surface area contributed by atoms with Gasteiger partial charge in [0.15, 0.2) is 6.61 Å². The molecular formula is C25H25N3O6S2. The van der Waals surface area contributed by atoms with Crippen LogP contribution in [0.2, 0.25) is 0 Å². The third-order valence-corrected chi connectivity index (χ3v) is 6.87. The molecule has 0 aliphatic rings. The van der Waals surface area contributed by atoms with E-state index in [9.17, 15) is 22.8 Å². The smallest absolute Gasteiger partial charge is 0.330 e. The number of nitrogens with one attached hydrogen (secondary N) is 2. The molecule has 0 radical (unpaired) electrons. The van der Waals surface area contributed by atoms with Crippen LogP contribution < -0.4 is 15.8 Å². The third kappa shape index (κ3) is 8.52. The minimum absolute atomic E-state index is 0.100. The number of esters is 1. The van der Waals surface area contributed by atoms with E-state index in [0.29, 0.717) is 17.0 Å². The first-order chi connectivity index (χ1) is 17.2. The van der Waals surface area contributed by atoms with Gasteiger partial charge in [0.1, 0.15) is 6.04 Å². The highest BCUT2D eigenvalue weighted by molar-refractivity contribution is 7.98. The molecule has 0 heterocycles. The van der Waals surface area contributed by atoms with E-state index in [4.69, 9.17) is 9.88 Å². The Morgan fingerprint density at radius 1 is 0.889 bits per heavy atom. The Bertz CT molecular complexity index is 1280. The molecule has 0 aromatic heterocycles. The van der Waals surface area contributed by atoms with Crippen LogP contribution in [-0.4, -0.2) is 44.6 Å². The molecular weight excluding hydrogens is 502 g/mol. The summed E-state index contributed by atoms with van der Waals surface area (Å²) in [5.41, 5.74) is 1.76. The Kier molecular flexibility index (Phi) is 9.62. The molecule has 2 amide bonds. The van der Waals surface area contributed by atoms with E-state index in [2.05, 4.69) is 10.6 Å². The zero-order valence-corrected chi connectivity index (χ0v) is 20.8. The fourth-order valence-electron chi connectivity index (χ4n) is 3.03. The van der Waals surface area contributed by atoms with Crippen molar-refractivity contribution in [1.82, 2.24) is 5.32 Å². The van der Waals surface area contributed by atoms with Gasteiger partial charge >= 0.3 is 5.97 Å². The lowest BCUT2D eigenvalue weighted by atomic mass is 10.2. The Hall–Kier alpha value is -3.67. The molecule has 36 heavy (non-hydrogen) atoms. The van der Waals surface area contributed by atoms with Crippen LogP contribution in [0.3, 0.4) is 0 Å². The van der Waals surface area contributed by atoms with Gasteiger partial charge in [0.05, 0.1) is 4.90 Å². The molecule has 0 saturated carbocycles. The molecule has 0 spiro atoms. The third-order valence-electron chi connectivity index (χ3n) is 4.83. The van der Waals surface area contributed by atoms with Crippen molar-refractivity contribution in [2.24, 2.45) is 5.14 Å². The Labute approximate surface area is 213 Å². The van der Waals surface area contributed by atoms with Crippen LogP contribution >= 0.6 is 11.8 Å². The Balaban J connectivity index is 1.57. The molecule has 0 aliphatic carbocycles. The molecule has 3 rings (SSSR count). The van der Waals surface area contributed by atoms with Gasteiger partial charge in [-0.15, -0.1) is 0 Å². The molecule has 3 aromatic rings. The first-order valence-corrected chi connectivity index (χ1v) is 13.5. The molecule has 3 aromatic carbocycles. The molecule has 0 aliphatic heterocycles. The predicted molar refractivity (Wildman–Crippen MR) is 138 cm³/mol. The summed E-state index contributed by atoms with van der Waals surface area (Å²) in [6, 6.07) is 22.4. The summed E-state index contributed by atoms with van der Waals surface area (Å²) in [5.74, 6) is -0.947. The molecule has 11 heteroatoms. The van der Waals surface area contributed by atoms with Crippen LogP contribution in [0, 0.1) is 0 Å². The van der Waals surface area contributed by atoms with Crippen LogP contribution in [-0.2, 0) is 30.1 Å². The predicted octanol–water partition coefficient (Wildman–Crippen LogP) is 2.55. The van der Waals surface area contributed by atoms with Crippen molar-refractivity contribution in [3.8, 4) is 0 Å². The van der Waals surface area contributed by atoms with Gasteiger partial charge in [0.25, 0.3) is 11.8 Å². The topological polar surface area (TPSA) is 145 Å². The largest absolute Gasteiger partial charge is 0.454 e. The lowest BCUT2D eigenvalue weighted by Gasteiger charge is -2.17. The molecule has 188 valence electrons. The highest BCUT2D eigenvalue weighted by atomic mass is 32.2. The van der Waals surface area contributed by atoms with Crippen molar-refractivity contribution < 1.29 is 27.5 Å². The number of carbonyl (C=O) groups excluding carboxylic acids is 3. The second kappa shape index (κ2) is 12.9. The molecule has 4 N–H and O–H groups in total. The number of hydrogen-bond acceptors (Lipinski definition) is 7. The van der Waals surface area contributed by atoms with Gasteiger partial charge in [-0.3, -0.25) is 9.59 Å². The van der Waals surface area contributed by atoms with Crippen molar-refractivity contribution >= 4 is 45.3 Å². The maximum absolute atomic E-state index is 12.8. The summed E-state index contributed by atoms with van der Waals surface area (Å²) in [4.78, 5) is 37.5. The van der Waals surface area contributed by atoms with Crippen molar-refractivity contribution in [1.29, 1.82) is 0 Å². The Morgan fingerprint density at radius 2 is 1.50 bits per heavy atom. The average molecular weight is 528 g/mol. The number of thioether (sulfide) groups is 1. The number of rotatable bonds is 11. The van der Waals surface area contributed by atoms with Gasteiger partial charge in [-0.2, -0.15) is 11.8 Å². The van der Waals surface area contributed by atoms with Crippen LogP contribution in [0.1, 0.15) is 15.9 Å². The van der Waals surface area contributed by atoms with E-state index >= 15 is 0 Å². The van der Waals surface area contributed by atoms with E-state index in [1.54, 1.807) is 30.3 Å². The van der Waals surface area contributed by atoms with Gasteiger partial charge in [0, 0.05) is 22.8 Å². The lowest BCUT2D eigenvalue weighted by Crippen LogP contribution is -2.44. The molecule has 1 atom stereocenters. The van der Waals surface area contributed by atoms with Gasteiger partial charge < -0.3 is 15.4 Å². The van der Waals surface area contributed by atoms with E-state index in [0.717, 1.165) is 5.56 Å². The average Bonchev–Trinajstić information content (AvgIpc) is 2.87. The monoisotopic (exact) mass is 527 g/mol. The van der Waals surface area contributed by atoms with Gasteiger partial charge in [-0.1, -0.05) is 48.5 Å². The summed E-state index contributed by atoms with van der Waals surface area (Å²) >= 11 is 1.44. The molecule has 0 unspecified atom stereocenters. The quantitative estimate of drug-likeness (QED) is 0.325. The second-order valence-corrected chi connectivity index (χ2v) is 10.2. The second-order valence-electron chi connectivity index (χ2n) is 7.62. The van der Waals surface area contributed by atoms with Crippen LogP contribution in [0.5, 0.6) is 0 Å². The number of hydrogen-bond donors (Lipinski definition) is 3.